The smallest absolute Gasteiger partial charge is 0.226 e. The summed E-state index contributed by atoms with van der Waals surface area (Å²) < 4.78 is 5.59. The van der Waals surface area contributed by atoms with Gasteiger partial charge in [0.1, 0.15) is 5.75 Å². The summed E-state index contributed by atoms with van der Waals surface area (Å²) in [5.74, 6) is 1.43. The third-order valence-corrected chi connectivity index (χ3v) is 3.93. The van der Waals surface area contributed by atoms with E-state index in [1.807, 2.05) is 23.1 Å². The number of piperidine rings is 1. The van der Waals surface area contributed by atoms with Crippen LogP contribution in [0.1, 0.15) is 33.1 Å². The molecule has 0 spiro atoms. The van der Waals surface area contributed by atoms with Gasteiger partial charge in [-0.05, 0) is 37.8 Å². The molecule has 2 unspecified atom stereocenters. The first-order valence-electron chi connectivity index (χ1n) is 7.34. The number of nitrogen functional groups attached to an aromatic ring is 1. The van der Waals surface area contributed by atoms with Crippen molar-refractivity contribution in [2.24, 2.45) is 5.92 Å². The van der Waals surface area contributed by atoms with E-state index in [1.165, 1.54) is 6.42 Å². The zero-order chi connectivity index (χ0) is 14.5. The van der Waals surface area contributed by atoms with Crippen molar-refractivity contribution in [3.05, 3.63) is 24.3 Å². The molecule has 20 heavy (non-hydrogen) atoms. The van der Waals surface area contributed by atoms with E-state index in [9.17, 15) is 4.79 Å². The predicted molar refractivity (Wildman–Crippen MR) is 80.5 cm³/mol. The average molecular weight is 276 g/mol. The van der Waals surface area contributed by atoms with Gasteiger partial charge in [-0.3, -0.25) is 4.79 Å². The van der Waals surface area contributed by atoms with Crippen LogP contribution in [0.25, 0.3) is 0 Å². The third kappa shape index (κ3) is 3.65. The molecule has 0 radical (unpaired) electrons. The first kappa shape index (κ1) is 14.7. The minimum Gasteiger partial charge on any atom is -0.491 e. The highest BCUT2D eigenvalue weighted by molar-refractivity contribution is 5.76. The summed E-state index contributed by atoms with van der Waals surface area (Å²) in [5, 5.41) is 0. The maximum atomic E-state index is 12.2. The van der Waals surface area contributed by atoms with Gasteiger partial charge in [0.2, 0.25) is 5.91 Å². The number of nitrogens with zero attached hydrogens (tertiary/aromatic N) is 1. The number of carbonyl (C=O) groups excluding carboxylic acids is 1. The Morgan fingerprint density at radius 3 is 2.85 bits per heavy atom. The lowest BCUT2D eigenvalue weighted by atomic mass is 9.95. The van der Waals surface area contributed by atoms with Crippen molar-refractivity contribution in [3.63, 3.8) is 0 Å². The van der Waals surface area contributed by atoms with Crippen LogP contribution in [0.15, 0.2) is 24.3 Å². The van der Waals surface area contributed by atoms with Crippen molar-refractivity contribution in [1.82, 2.24) is 4.90 Å². The van der Waals surface area contributed by atoms with E-state index in [0.29, 0.717) is 36.4 Å². The molecule has 4 heteroatoms. The predicted octanol–water partition coefficient (Wildman–Crippen LogP) is 2.68. The summed E-state index contributed by atoms with van der Waals surface area (Å²) in [6.07, 6.45) is 2.72. The summed E-state index contributed by atoms with van der Waals surface area (Å²) in [5.41, 5.74) is 6.41. The van der Waals surface area contributed by atoms with E-state index < -0.39 is 0 Å². The van der Waals surface area contributed by atoms with Crippen molar-refractivity contribution in [2.45, 2.75) is 39.2 Å². The Hall–Kier alpha value is -1.71. The number of hydrogen-bond acceptors (Lipinski definition) is 3. The molecule has 110 valence electrons. The topological polar surface area (TPSA) is 55.6 Å². The first-order chi connectivity index (χ1) is 9.58. The van der Waals surface area contributed by atoms with Crippen LogP contribution in [0.2, 0.25) is 0 Å². The summed E-state index contributed by atoms with van der Waals surface area (Å²) >= 11 is 0. The highest BCUT2D eigenvalue weighted by Crippen LogP contribution is 2.23. The maximum Gasteiger partial charge on any atom is 0.226 e. The van der Waals surface area contributed by atoms with E-state index in [4.69, 9.17) is 10.5 Å². The van der Waals surface area contributed by atoms with Crippen LogP contribution in [0, 0.1) is 5.92 Å². The number of ether oxygens (including phenoxy) is 1. The van der Waals surface area contributed by atoms with Gasteiger partial charge in [-0.2, -0.15) is 0 Å². The second kappa shape index (κ2) is 6.64. The number of para-hydroxylation sites is 2. The van der Waals surface area contributed by atoms with Gasteiger partial charge in [0.05, 0.1) is 18.7 Å². The number of amides is 1. The number of likely N-dealkylation sites (tertiary alicyclic amines) is 1. The van der Waals surface area contributed by atoms with E-state index in [1.54, 1.807) is 6.07 Å². The van der Waals surface area contributed by atoms with E-state index in [-0.39, 0.29) is 5.91 Å². The van der Waals surface area contributed by atoms with Gasteiger partial charge in [0.15, 0.2) is 0 Å². The van der Waals surface area contributed by atoms with Gasteiger partial charge >= 0.3 is 0 Å². The van der Waals surface area contributed by atoms with Crippen LogP contribution in [0.4, 0.5) is 5.69 Å². The molecule has 1 aromatic carbocycles. The van der Waals surface area contributed by atoms with Gasteiger partial charge < -0.3 is 15.4 Å². The molecule has 4 nitrogen and oxygen atoms in total. The van der Waals surface area contributed by atoms with Crippen molar-refractivity contribution < 1.29 is 9.53 Å². The SMILES string of the molecule is CC1CCC(C)N(C(=O)CCOc2ccccc2N)C1. The third-order valence-electron chi connectivity index (χ3n) is 3.93. The monoisotopic (exact) mass is 276 g/mol. The van der Waals surface area contributed by atoms with Gasteiger partial charge in [0.25, 0.3) is 0 Å². The molecule has 1 fully saturated rings. The normalized spacial score (nSPS) is 22.6. The van der Waals surface area contributed by atoms with Gasteiger partial charge in [-0.15, -0.1) is 0 Å². The largest absolute Gasteiger partial charge is 0.491 e. The van der Waals surface area contributed by atoms with Crippen molar-refractivity contribution in [3.8, 4) is 5.75 Å². The van der Waals surface area contributed by atoms with Gasteiger partial charge in [-0.25, -0.2) is 0 Å². The Bertz CT molecular complexity index is 462. The molecule has 1 aliphatic heterocycles. The molecule has 1 saturated heterocycles. The Kier molecular flexibility index (Phi) is 4.88. The molecule has 0 bridgehead atoms. The van der Waals surface area contributed by atoms with Crippen LogP contribution in [-0.4, -0.2) is 30.0 Å². The van der Waals surface area contributed by atoms with Crippen LogP contribution < -0.4 is 10.5 Å². The van der Waals surface area contributed by atoms with E-state index >= 15 is 0 Å². The number of rotatable bonds is 4. The Labute approximate surface area is 120 Å². The number of anilines is 1. The molecule has 2 N–H and O–H groups in total. The highest BCUT2D eigenvalue weighted by Gasteiger charge is 2.26. The molecule has 1 heterocycles. The lowest BCUT2D eigenvalue weighted by Crippen LogP contribution is -2.45. The molecule has 1 aromatic rings. The van der Waals surface area contributed by atoms with Gasteiger partial charge in [-0.1, -0.05) is 19.1 Å². The summed E-state index contributed by atoms with van der Waals surface area (Å²) in [6, 6.07) is 7.71. The first-order valence-corrected chi connectivity index (χ1v) is 7.34. The quantitative estimate of drug-likeness (QED) is 0.860. The fourth-order valence-corrected chi connectivity index (χ4v) is 2.64. The highest BCUT2D eigenvalue weighted by atomic mass is 16.5. The molecule has 0 aliphatic carbocycles. The average Bonchev–Trinajstić information content (AvgIpc) is 2.43. The number of benzene rings is 1. The second-order valence-electron chi connectivity index (χ2n) is 5.71. The van der Waals surface area contributed by atoms with Crippen molar-refractivity contribution in [2.75, 3.05) is 18.9 Å². The molecule has 0 saturated carbocycles. The molecule has 0 aromatic heterocycles. The summed E-state index contributed by atoms with van der Waals surface area (Å²) in [4.78, 5) is 14.2. The molecular weight excluding hydrogens is 252 g/mol. The lowest BCUT2D eigenvalue weighted by Gasteiger charge is -2.36. The fraction of sp³-hybridized carbons (Fsp3) is 0.562. The van der Waals surface area contributed by atoms with Crippen LogP contribution in [0.3, 0.4) is 0 Å². The number of nitrogens with two attached hydrogens (primary N) is 1. The fourth-order valence-electron chi connectivity index (χ4n) is 2.64. The molecule has 1 amide bonds. The zero-order valence-corrected chi connectivity index (χ0v) is 12.3. The van der Waals surface area contributed by atoms with E-state index in [2.05, 4.69) is 13.8 Å². The summed E-state index contributed by atoms with van der Waals surface area (Å²) in [6.45, 7) is 5.57. The molecule has 2 rings (SSSR count). The van der Waals surface area contributed by atoms with Crippen LogP contribution in [0.5, 0.6) is 5.75 Å². The van der Waals surface area contributed by atoms with Crippen molar-refractivity contribution in [1.29, 1.82) is 0 Å². The lowest BCUT2D eigenvalue weighted by molar-refractivity contribution is -0.135. The zero-order valence-electron chi connectivity index (χ0n) is 12.3. The van der Waals surface area contributed by atoms with Crippen LogP contribution in [-0.2, 0) is 4.79 Å². The Morgan fingerprint density at radius 2 is 2.10 bits per heavy atom. The Balaban J connectivity index is 1.82. The van der Waals surface area contributed by atoms with Gasteiger partial charge in [0, 0.05) is 12.6 Å². The number of hydrogen-bond donors (Lipinski definition) is 1. The van der Waals surface area contributed by atoms with Crippen LogP contribution >= 0.6 is 0 Å². The van der Waals surface area contributed by atoms with Crippen molar-refractivity contribution >= 4 is 11.6 Å². The minimum atomic E-state index is 0.179. The molecule has 1 aliphatic rings. The van der Waals surface area contributed by atoms with E-state index in [0.717, 1.165) is 13.0 Å². The standard InChI is InChI=1S/C16H24N2O2/c1-12-7-8-13(2)18(11-12)16(19)9-10-20-15-6-4-3-5-14(15)17/h3-6,12-13H,7-11,17H2,1-2H3. The summed E-state index contributed by atoms with van der Waals surface area (Å²) in [7, 11) is 0. The Morgan fingerprint density at radius 1 is 1.35 bits per heavy atom. The molecule has 2 atom stereocenters. The number of carbonyl (C=O) groups is 1. The maximum absolute atomic E-state index is 12.2. The molecular formula is C16H24N2O2. The second-order valence-corrected chi connectivity index (χ2v) is 5.71. The minimum absolute atomic E-state index is 0.179.